The molecule has 86 valence electrons. The minimum absolute atomic E-state index is 0.127. The Morgan fingerprint density at radius 3 is 2.75 bits per heavy atom. The number of benzene rings is 1. The molecule has 1 aromatic rings. The first-order chi connectivity index (χ1) is 7.58. The van der Waals surface area contributed by atoms with Gasteiger partial charge in [-0.15, -0.1) is 0 Å². The van der Waals surface area contributed by atoms with Gasteiger partial charge in [-0.25, -0.2) is 0 Å². The van der Waals surface area contributed by atoms with Gasteiger partial charge in [-0.1, -0.05) is 15.9 Å². The maximum atomic E-state index is 11.3. The number of aryl methyl sites for hydroxylation is 1. The van der Waals surface area contributed by atoms with E-state index >= 15 is 0 Å². The first-order valence-corrected chi connectivity index (χ1v) is 5.77. The Morgan fingerprint density at radius 1 is 1.50 bits per heavy atom. The lowest BCUT2D eigenvalue weighted by Crippen LogP contribution is -2.10. The number of hydrogen-bond acceptors (Lipinski definition) is 3. The van der Waals surface area contributed by atoms with Gasteiger partial charge in [0.05, 0.1) is 13.0 Å². The summed E-state index contributed by atoms with van der Waals surface area (Å²) in [7, 11) is 0. The molecule has 0 aliphatic rings. The van der Waals surface area contributed by atoms with Crippen molar-refractivity contribution in [1.29, 1.82) is 0 Å². The van der Waals surface area contributed by atoms with Crippen molar-refractivity contribution in [3.05, 3.63) is 33.3 Å². The second-order valence-corrected chi connectivity index (χ2v) is 4.31. The zero-order valence-electron chi connectivity index (χ0n) is 9.25. The standard InChI is InChI=1S/C12H13BrO3/c1-3-16-12(15)6-9-5-10(13)4-8(2)11(9)7-14/h4-5,7H,3,6H2,1-2H3. The van der Waals surface area contributed by atoms with Gasteiger partial charge in [-0.3, -0.25) is 9.59 Å². The molecular formula is C12H13BrO3. The summed E-state index contributed by atoms with van der Waals surface area (Å²) in [6.07, 6.45) is 0.901. The zero-order chi connectivity index (χ0) is 12.1. The highest BCUT2D eigenvalue weighted by Crippen LogP contribution is 2.20. The van der Waals surface area contributed by atoms with Crippen molar-refractivity contribution < 1.29 is 14.3 Å². The molecular weight excluding hydrogens is 272 g/mol. The fourth-order valence-corrected chi connectivity index (χ4v) is 2.13. The van der Waals surface area contributed by atoms with E-state index in [0.717, 1.165) is 16.3 Å². The van der Waals surface area contributed by atoms with Crippen LogP contribution >= 0.6 is 15.9 Å². The van der Waals surface area contributed by atoms with Crippen LogP contribution in [-0.2, 0) is 16.0 Å². The van der Waals surface area contributed by atoms with E-state index in [1.165, 1.54) is 0 Å². The summed E-state index contributed by atoms with van der Waals surface area (Å²) in [4.78, 5) is 22.3. The molecule has 0 bridgehead atoms. The molecule has 0 N–H and O–H groups in total. The largest absolute Gasteiger partial charge is 0.466 e. The van der Waals surface area contributed by atoms with E-state index in [0.29, 0.717) is 17.7 Å². The first-order valence-electron chi connectivity index (χ1n) is 4.98. The van der Waals surface area contributed by atoms with Crippen LogP contribution in [-0.4, -0.2) is 18.9 Å². The van der Waals surface area contributed by atoms with Crippen molar-refractivity contribution in [3.8, 4) is 0 Å². The van der Waals surface area contributed by atoms with Crippen molar-refractivity contribution >= 4 is 28.2 Å². The van der Waals surface area contributed by atoms with Gasteiger partial charge in [0, 0.05) is 10.0 Å². The summed E-state index contributed by atoms with van der Waals surface area (Å²) in [5, 5.41) is 0. The molecule has 0 atom stereocenters. The van der Waals surface area contributed by atoms with Crippen molar-refractivity contribution in [2.24, 2.45) is 0 Å². The van der Waals surface area contributed by atoms with E-state index < -0.39 is 0 Å². The summed E-state index contributed by atoms with van der Waals surface area (Å²) < 4.78 is 5.71. The number of carbonyl (C=O) groups is 2. The SMILES string of the molecule is CCOC(=O)Cc1cc(Br)cc(C)c1C=O. The molecule has 0 spiro atoms. The van der Waals surface area contributed by atoms with Crippen molar-refractivity contribution in [2.45, 2.75) is 20.3 Å². The monoisotopic (exact) mass is 284 g/mol. The maximum Gasteiger partial charge on any atom is 0.310 e. The van der Waals surface area contributed by atoms with Crippen LogP contribution in [0.25, 0.3) is 0 Å². The third-order valence-electron chi connectivity index (χ3n) is 2.20. The molecule has 16 heavy (non-hydrogen) atoms. The third kappa shape index (κ3) is 3.17. The van der Waals surface area contributed by atoms with Crippen LogP contribution in [0, 0.1) is 6.92 Å². The molecule has 0 aliphatic carbocycles. The van der Waals surface area contributed by atoms with E-state index in [1.54, 1.807) is 13.0 Å². The van der Waals surface area contributed by atoms with Crippen LogP contribution in [0.1, 0.15) is 28.4 Å². The second-order valence-electron chi connectivity index (χ2n) is 3.40. The van der Waals surface area contributed by atoms with Gasteiger partial charge < -0.3 is 4.74 Å². The van der Waals surface area contributed by atoms with Crippen molar-refractivity contribution in [1.82, 2.24) is 0 Å². The number of ether oxygens (including phenoxy) is 1. The Kier molecular flexibility index (Phi) is 4.68. The molecule has 0 aliphatic heterocycles. The molecule has 1 aromatic carbocycles. The van der Waals surface area contributed by atoms with E-state index in [2.05, 4.69) is 15.9 Å². The van der Waals surface area contributed by atoms with Gasteiger partial charge in [-0.2, -0.15) is 0 Å². The average Bonchev–Trinajstić information content (AvgIpc) is 2.17. The summed E-state index contributed by atoms with van der Waals surface area (Å²) in [6, 6.07) is 3.62. The van der Waals surface area contributed by atoms with Crippen LogP contribution in [0.5, 0.6) is 0 Å². The summed E-state index contributed by atoms with van der Waals surface area (Å²) in [5.74, 6) is -0.317. The predicted octanol–water partition coefficient (Wildman–Crippen LogP) is 2.68. The number of esters is 1. The predicted molar refractivity (Wildman–Crippen MR) is 64.6 cm³/mol. The van der Waals surface area contributed by atoms with E-state index in [9.17, 15) is 9.59 Å². The average molecular weight is 285 g/mol. The smallest absolute Gasteiger partial charge is 0.310 e. The van der Waals surface area contributed by atoms with Gasteiger partial charge in [0.1, 0.15) is 0 Å². The highest BCUT2D eigenvalue weighted by molar-refractivity contribution is 9.10. The number of rotatable bonds is 4. The highest BCUT2D eigenvalue weighted by atomic mass is 79.9. The molecule has 0 radical (unpaired) electrons. The zero-order valence-corrected chi connectivity index (χ0v) is 10.8. The van der Waals surface area contributed by atoms with Crippen LogP contribution in [0.4, 0.5) is 0 Å². The third-order valence-corrected chi connectivity index (χ3v) is 2.65. The molecule has 3 nitrogen and oxygen atoms in total. The fourth-order valence-electron chi connectivity index (χ4n) is 1.51. The first kappa shape index (κ1) is 12.9. The van der Waals surface area contributed by atoms with Gasteiger partial charge in [-0.05, 0) is 37.1 Å². The molecule has 0 heterocycles. The number of carbonyl (C=O) groups excluding carboxylic acids is 2. The Bertz CT molecular complexity index is 413. The number of aldehydes is 1. The molecule has 0 aromatic heterocycles. The van der Waals surface area contributed by atoms with E-state index in [4.69, 9.17) is 4.74 Å². The number of halogens is 1. The molecule has 0 amide bonds. The lowest BCUT2D eigenvalue weighted by Gasteiger charge is -2.08. The molecule has 1 rings (SSSR count). The van der Waals surface area contributed by atoms with Crippen LogP contribution < -0.4 is 0 Å². The molecule has 0 saturated heterocycles. The summed E-state index contributed by atoms with van der Waals surface area (Å²) in [6.45, 7) is 3.94. The molecule has 0 fully saturated rings. The molecule has 0 saturated carbocycles. The maximum absolute atomic E-state index is 11.3. The van der Waals surface area contributed by atoms with Crippen LogP contribution in [0.15, 0.2) is 16.6 Å². The second kappa shape index (κ2) is 5.80. The van der Waals surface area contributed by atoms with Gasteiger partial charge in [0.2, 0.25) is 0 Å². The molecule has 0 unspecified atom stereocenters. The Balaban J connectivity index is 3.02. The molecule has 4 heteroatoms. The minimum Gasteiger partial charge on any atom is -0.466 e. The van der Waals surface area contributed by atoms with Crippen molar-refractivity contribution in [3.63, 3.8) is 0 Å². The Morgan fingerprint density at radius 2 is 2.19 bits per heavy atom. The highest BCUT2D eigenvalue weighted by Gasteiger charge is 2.11. The van der Waals surface area contributed by atoms with Crippen LogP contribution in [0.3, 0.4) is 0 Å². The van der Waals surface area contributed by atoms with E-state index in [1.807, 2.05) is 13.0 Å². The summed E-state index contributed by atoms with van der Waals surface area (Å²) >= 11 is 3.34. The fraction of sp³-hybridized carbons (Fsp3) is 0.333. The minimum atomic E-state index is -0.317. The van der Waals surface area contributed by atoms with Crippen LogP contribution in [0.2, 0.25) is 0 Å². The lowest BCUT2D eigenvalue weighted by molar-refractivity contribution is -0.142. The van der Waals surface area contributed by atoms with Gasteiger partial charge in [0.25, 0.3) is 0 Å². The normalized spacial score (nSPS) is 9.94. The Labute approximate surface area is 103 Å². The lowest BCUT2D eigenvalue weighted by atomic mass is 10.0. The van der Waals surface area contributed by atoms with Gasteiger partial charge >= 0.3 is 5.97 Å². The summed E-state index contributed by atoms with van der Waals surface area (Å²) in [5.41, 5.74) is 2.11. The Hall–Kier alpha value is -1.16. The topological polar surface area (TPSA) is 43.4 Å². The number of hydrogen-bond donors (Lipinski definition) is 0. The van der Waals surface area contributed by atoms with Crippen molar-refractivity contribution in [2.75, 3.05) is 6.61 Å². The van der Waals surface area contributed by atoms with Gasteiger partial charge in [0.15, 0.2) is 6.29 Å². The quantitative estimate of drug-likeness (QED) is 0.631. The van der Waals surface area contributed by atoms with E-state index in [-0.39, 0.29) is 12.4 Å².